The molecule has 4 rings (SSSR count). The smallest absolute Gasteiger partial charge is 0.255 e. The van der Waals surface area contributed by atoms with Crippen LogP contribution in [0.1, 0.15) is 22.0 Å². The second-order valence-corrected chi connectivity index (χ2v) is 6.59. The van der Waals surface area contributed by atoms with E-state index in [4.69, 9.17) is 0 Å². The highest BCUT2D eigenvalue weighted by molar-refractivity contribution is 6.04. The van der Waals surface area contributed by atoms with Crippen LogP contribution in [0.15, 0.2) is 79.0 Å². The van der Waals surface area contributed by atoms with Crippen LogP contribution in [0.5, 0.6) is 0 Å². The van der Waals surface area contributed by atoms with Crippen LogP contribution in [-0.2, 0) is 0 Å². The van der Waals surface area contributed by atoms with Gasteiger partial charge in [0.25, 0.3) is 5.91 Å². The molecule has 0 radical (unpaired) electrons. The molecule has 1 aliphatic rings. The highest BCUT2D eigenvalue weighted by Crippen LogP contribution is 2.22. The molecule has 27 heavy (non-hydrogen) atoms. The van der Waals surface area contributed by atoms with Crippen LogP contribution in [-0.4, -0.2) is 30.5 Å². The molecule has 1 fully saturated rings. The van der Waals surface area contributed by atoms with Gasteiger partial charge in [0.1, 0.15) is 5.82 Å². The van der Waals surface area contributed by atoms with Gasteiger partial charge < -0.3 is 15.5 Å². The summed E-state index contributed by atoms with van der Waals surface area (Å²) in [5, 5.41) is 6.48. The Balaban J connectivity index is 1.49. The summed E-state index contributed by atoms with van der Waals surface area (Å²) in [5.74, 6) is 0.706. The predicted molar refractivity (Wildman–Crippen MR) is 108 cm³/mol. The first kappa shape index (κ1) is 17.2. The number of carbonyl (C=O) groups excluding carboxylic acids is 1. The fraction of sp³-hybridized carbons (Fsp3) is 0.182. The molecule has 5 heteroatoms. The van der Waals surface area contributed by atoms with E-state index in [0.29, 0.717) is 5.56 Å². The molecular formula is C22H22N4O. The summed E-state index contributed by atoms with van der Waals surface area (Å²) >= 11 is 0. The van der Waals surface area contributed by atoms with E-state index in [2.05, 4.69) is 44.8 Å². The van der Waals surface area contributed by atoms with Crippen molar-refractivity contribution in [3.63, 3.8) is 0 Å². The van der Waals surface area contributed by atoms with Crippen LogP contribution in [0.4, 0.5) is 11.5 Å². The summed E-state index contributed by atoms with van der Waals surface area (Å²) in [5.41, 5.74) is 2.66. The van der Waals surface area contributed by atoms with Crippen molar-refractivity contribution in [3.05, 3.63) is 90.1 Å². The van der Waals surface area contributed by atoms with Gasteiger partial charge in [-0.25, -0.2) is 4.98 Å². The van der Waals surface area contributed by atoms with E-state index in [-0.39, 0.29) is 11.9 Å². The number of piperazine rings is 1. The van der Waals surface area contributed by atoms with Crippen molar-refractivity contribution in [3.8, 4) is 0 Å². The number of para-hydroxylation sites is 1. The molecule has 1 atom stereocenters. The maximum atomic E-state index is 12.6. The van der Waals surface area contributed by atoms with E-state index in [0.717, 1.165) is 31.1 Å². The van der Waals surface area contributed by atoms with Crippen molar-refractivity contribution >= 4 is 17.4 Å². The molecule has 2 heterocycles. The number of amides is 1. The second kappa shape index (κ2) is 8.01. The van der Waals surface area contributed by atoms with Gasteiger partial charge in [-0.1, -0.05) is 48.5 Å². The largest absolute Gasteiger partial charge is 0.353 e. The van der Waals surface area contributed by atoms with Crippen molar-refractivity contribution in [2.24, 2.45) is 0 Å². The lowest BCUT2D eigenvalue weighted by Gasteiger charge is -2.34. The van der Waals surface area contributed by atoms with E-state index < -0.39 is 0 Å². The van der Waals surface area contributed by atoms with Gasteiger partial charge >= 0.3 is 0 Å². The lowest BCUT2D eigenvalue weighted by atomic mass is 10.0. The van der Waals surface area contributed by atoms with Gasteiger partial charge in [0.05, 0.1) is 0 Å². The highest BCUT2D eigenvalue weighted by atomic mass is 16.1. The number of hydrogen-bond acceptors (Lipinski definition) is 4. The second-order valence-electron chi connectivity index (χ2n) is 6.59. The average Bonchev–Trinajstić information content (AvgIpc) is 2.75. The molecule has 2 aromatic carbocycles. The van der Waals surface area contributed by atoms with E-state index in [1.807, 2.05) is 42.5 Å². The van der Waals surface area contributed by atoms with E-state index in [1.54, 1.807) is 12.3 Å². The fourth-order valence-corrected chi connectivity index (χ4v) is 3.32. The van der Waals surface area contributed by atoms with Crippen molar-refractivity contribution in [1.82, 2.24) is 10.3 Å². The minimum Gasteiger partial charge on any atom is -0.353 e. The highest BCUT2D eigenvalue weighted by Gasteiger charge is 2.22. The number of nitrogens with zero attached hydrogens (tertiary/aromatic N) is 2. The monoisotopic (exact) mass is 358 g/mol. The zero-order valence-corrected chi connectivity index (χ0v) is 15.0. The Morgan fingerprint density at radius 1 is 1.04 bits per heavy atom. The summed E-state index contributed by atoms with van der Waals surface area (Å²) in [6, 6.07) is 23.8. The number of pyridine rings is 1. The van der Waals surface area contributed by atoms with Crippen molar-refractivity contribution < 1.29 is 4.79 Å². The Hall–Kier alpha value is -3.18. The third-order valence-corrected chi connectivity index (χ3v) is 4.74. The molecule has 1 amide bonds. The molecule has 0 spiro atoms. The first-order chi connectivity index (χ1) is 13.3. The summed E-state index contributed by atoms with van der Waals surface area (Å²) in [4.78, 5) is 19.3. The lowest BCUT2D eigenvalue weighted by Crippen LogP contribution is -2.46. The van der Waals surface area contributed by atoms with Gasteiger partial charge in [0.15, 0.2) is 0 Å². The molecular weight excluding hydrogens is 336 g/mol. The van der Waals surface area contributed by atoms with E-state index in [9.17, 15) is 4.79 Å². The maximum Gasteiger partial charge on any atom is 0.255 e. The van der Waals surface area contributed by atoms with Crippen LogP contribution in [0.25, 0.3) is 0 Å². The quantitative estimate of drug-likeness (QED) is 0.750. The Morgan fingerprint density at radius 3 is 2.56 bits per heavy atom. The minimum atomic E-state index is -0.125. The number of nitrogens with one attached hydrogen (secondary N) is 2. The normalized spacial score (nSPS) is 16.7. The van der Waals surface area contributed by atoms with Crippen LogP contribution >= 0.6 is 0 Å². The summed E-state index contributed by atoms with van der Waals surface area (Å²) in [7, 11) is 0. The molecule has 3 aromatic rings. The molecule has 136 valence electrons. The minimum absolute atomic E-state index is 0.125. The van der Waals surface area contributed by atoms with Crippen molar-refractivity contribution in [2.45, 2.75) is 6.04 Å². The fourth-order valence-electron chi connectivity index (χ4n) is 3.32. The molecule has 1 saturated heterocycles. The predicted octanol–water partition coefficient (Wildman–Crippen LogP) is 3.48. The average molecular weight is 358 g/mol. The maximum absolute atomic E-state index is 12.6. The molecule has 1 aromatic heterocycles. The first-order valence-electron chi connectivity index (χ1n) is 9.15. The Bertz CT molecular complexity index is 898. The summed E-state index contributed by atoms with van der Waals surface area (Å²) in [6.07, 6.45) is 1.70. The standard InChI is InChI=1S/C22H22N4O/c27-22(25-19-9-5-2-6-10-19)18-11-12-24-21(15-18)26-14-13-23-20(16-26)17-7-3-1-4-8-17/h1-12,15,20,23H,13-14,16H2,(H,25,27)/t20-/m0/s1. The van der Waals surface area contributed by atoms with Gasteiger partial charge in [-0.05, 0) is 29.8 Å². The molecule has 2 N–H and O–H groups in total. The zero-order chi connectivity index (χ0) is 18.5. The SMILES string of the molecule is O=C(Nc1ccccc1)c1ccnc(N2CCN[C@H](c3ccccc3)C2)c1. The van der Waals surface area contributed by atoms with E-state index >= 15 is 0 Å². The Labute approximate surface area is 159 Å². The Kier molecular flexibility index (Phi) is 5.12. The van der Waals surface area contributed by atoms with Gasteiger partial charge in [-0.3, -0.25) is 4.79 Å². The zero-order valence-electron chi connectivity index (χ0n) is 15.0. The van der Waals surface area contributed by atoms with Crippen LogP contribution in [0, 0.1) is 0 Å². The van der Waals surface area contributed by atoms with Crippen LogP contribution < -0.4 is 15.5 Å². The number of benzene rings is 2. The van der Waals surface area contributed by atoms with Crippen molar-refractivity contribution in [1.29, 1.82) is 0 Å². The lowest BCUT2D eigenvalue weighted by molar-refractivity contribution is 0.102. The molecule has 0 bridgehead atoms. The molecule has 1 aliphatic heterocycles. The number of aromatic nitrogens is 1. The number of hydrogen-bond donors (Lipinski definition) is 2. The summed E-state index contributed by atoms with van der Waals surface area (Å²) < 4.78 is 0. The number of carbonyl (C=O) groups is 1. The van der Waals surface area contributed by atoms with E-state index in [1.165, 1.54) is 5.56 Å². The molecule has 5 nitrogen and oxygen atoms in total. The molecule has 0 saturated carbocycles. The topological polar surface area (TPSA) is 57.3 Å². The summed E-state index contributed by atoms with van der Waals surface area (Å²) in [6.45, 7) is 2.56. The Morgan fingerprint density at radius 2 is 1.78 bits per heavy atom. The molecule has 0 unspecified atom stereocenters. The third kappa shape index (κ3) is 4.15. The van der Waals surface area contributed by atoms with Gasteiger partial charge in [-0.2, -0.15) is 0 Å². The van der Waals surface area contributed by atoms with Crippen LogP contribution in [0.3, 0.4) is 0 Å². The number of rotatable bonds is 4. The number of anilines is 2. The van der Waals surface area contributed by atoms with Crippen molar-refractivity contribution in [2.75, 3.05) is 29.9 Å². The van der Waals surface area contributed by atoms with Crippen LogP contribution in [0.2, 0.25) is 0 Å². The van der Waals surface area contributed by atoms with Gasteiger partial charge in [-0.15, -0.1) is 0 Å². The van der Waals surface area contributed by atoms with Gasteiger partial charge in [0.2, 0.25) is 0 Å². The molecule has 0 aliphatic carbocycles. The first-order valence-corrected chi connectivity index (χ1v) is 9.15. The van der Waals surface area contributed by atoms with Gasteiger partial charge in [0, 0.05) is 43.1 Å². The third-order valence-electron chi connectivity index (χ3n) is 4.74.